The molecule has 1 saturated heterocycles. The van der Waals surface area contributed by atoms with Crippen molar-refractivity contribution in [3.63, 3.8) is 0 Å². The Balaban J connectivity index is 1.75. The number of hydrogen-bond acceptors (Lipinski definition) is 3. The van der Waals surface area contributed by atoms with Crippen molar-refractivity contribution in [2.75, 3.05) is 18.9 Å². The molecule has 1 aromatic rings. The van der Waals surface area contributed by atoms with Crippen LogP contribution in [0.25, 0.3) is 0 Å². The Bertz CT molecular complexity index is 428. The number of nitrogens with one attached hydrogen (secondary N) is 1. The normalized spacial score (nSPS) is 20.2. The molecule has 4 heteroatoms. The zero-order valence-corrected chi connectivity index (χ0v) is 11.4. The van der Waals surface area contributed by atoms with Crippen molar-refractivity contribution in [2.45, 2.75) is 32.2 Å². The van der Waals surface area contributed by atoms with Crippen LogP contribution >= 0.6 is 0 Å². The van der Waals surface area contributed by atoms with Crippen molar-refractivity contribution >= 4 is 11.6 Å². The summed E-state index contributed by atoms with van der Waals surface area (Å²) in [6.45, 7) is 3.63. The lowest BCUT2D eigenvalue weighted by molar-refractivity contribution is -0.122. The van der Waals surface area contributed by atoms with Crippen LogP contribution in [0.4, 0.5) is 5.69 Å². The van der Waals surface area contributed by atoms with Crippen LogP contribution in [0.5, 0.6) is 0 Å². The number of carbonyl (C=O) groups is 1. The maximum atomic E-state index is 11.9. The van der Waals surface area contributed by atoms with E-state index in [9.17, 15) is 4.79 Å². The molecule has 1 fully saturated rings. The first-order valence-corrected chi connectivity index (χ1v) is 6.86. The molecule has 1 amide bonds. The fourth-order valence-electron chi connectivity index (χ4n) is 2.40. The van der Waals surface area contributed by atoms with Gasteiger partial charge in [0.2, 0.25) is 5.91 Å². The Morgan fingerprint density at radius 3 is 3.11 bits per heavy atom. The first-order chi connectivity index (χ1) is 9.15. The SMILES string of the molecule is CC(NC(=O)CCc1cccc(N)c1)C1CCOC1. The molecule has 1 aliphatic heterocycles. The van der Waals surface area contributed by atoms with Gasteiger partial charge in [-0.1, -0.05) is 12.1 Å². The molecule has 0 bridgehead atoms. The first kappa shape index (κ1) is 13.9. The van der Waals surface area contributed by atoms with Gasteiger partial charge in [-0.15, -0.1) is 0 Å². The van der Waals surface area contributed by atoms with E-state index in [0.29, 0.717) is 12.3 Å². The second-order valence-corrected chi connectivity index (χ2v) is 5.22. The summed E-state index contributed by atoms with van der Waals surface area (Å²) in [7, 11) is 0. The van der Waals surface area contributed by atoms with E-state index in [4.69, 9.17) is 10.5 Å². The molecule has 0 radical (unpaired) electrons. The van der Waals surface area contributed by atoms with Crippen molar-refractivity contribution in [3.8, 4) is 0 Å². The minimum absolute atomic E-state index is 0.0989. The van der Waals surface area contributed by atoms with Crippen molar-refractivity contribution in [3.05, 3.63) is 29.8 Å². The molecule has 3 N–H and O–H groups in total. The maximum Gasteiger partial charge on any atom is 0.220 e. The molecule has 4 nitrogen and oxygen atoms in total. The number of nitrogen functional groups attached to an aromatic ring is 1. The molecule has 0 spiro atoms. The van der Waals surface area contributed by atoms with Gasteiger partial charge >= 0.3 is 0 Å². The van der Waals surface area contributed by atoms with Crippen LogP contribution in [-0.4, -0.2) is 25.2 Å². The van der Waals surface area contributed by atoms with Crippen LogP contribution in [-0.2, 0) is 16.0 Å². The molecule has 1 aromatic carbocycles. The second-order valence-electron chi connectivity index (χ2n) is 5.22. The molecule has 2 unspecified atom stereocenters. The van der Waals surface area contributed by atoms with Crippen LogP contribution in [0.15, 0.2) is 24.3 Å². The zero-order chi connectivity index (χ0) is 13.7. The second kappa shape index (κ2) is 6.57. The number of carbonyl (C=O) groups excluding carboxylic acids is 1. The number of anilines is 1. The number of benzene rings is 1. The van der Waals surface area contributed by atoms with Crippen molar-refractivity contribution in [1.82, 2.24) is 5.32 Å². The fourth-order valence-corrected chi connectivity index (χ4v) is 2.40. The lowest BCUT2D eigenvalue weighted by Gasteiger charge is -2.19. The standard InChI is InChI=1S/C15H22N2O2/c1-11(13-7-8-19-10-13)17-15(18)6-5-12-3-2-4-14(16)9-12/h2-4,9,11,13H,5-8,10,16H2,1H3,(H,17,18). The summed E-state index contributed by atoms with van der Waals surface area (Å²) in [5.41, 5.74) is 7.56. The monoisotopic (exact) mass is 262 g/mol. The van der Waals surface area contributed by atoms with E-state index in [2.05, 4.69) is 12.2 Å². The lowest BCUT2D eigenvalue weighted by atomic mass is 10.0. The van der Waals surface area contributed by atoms with Gasteiger partial charge in [0, 0.05) is 30.7 Å². The predicted octanol–water partition coefficient (Wildman–Crippen LogP) is 1.74. The van der Waals surface area contributed by atoms with Crippen molar-refractivity contribution in [2.24, 2.45) is 5.92 Å². The van der Waals surface area contributed by atoms with Crippen molar-refractivity contribution < 1.29 is 9.53 Å². The van der Waals surface area contributed by atoms with Gasteiger partial charge in [0.25, 0.3) is 0 Å². The van der Waals surface area contributed by atoms with Crippen LogP contribution in [0.2, 0.25) is 0 Å². The van der Waals surface area contributed by atoms with Gasteiger partial charge in [0.05, 0.1) is 6.61 Å². The molecule has 0 aliphatic carbocycles. The molecule has 0 saturated carbocycles. The highest BCUT2D eigenvalue weighted by atomic mass is 16.5. The van der Waals surface area contributed by atoms with Crippen LogP contribution in [0, 0.1) is 5.92 Å². The highest BCUT2D eigenvalue weighted by molar-refractivity contribution is 5.76. The summed E-state index contributed by atoms with van der Waals surface area (Å²) in [4.78, 5) is 11.9. The van der Waals surface area contributed by atoms with Gasteiger partial charge in [0.1, 0.15) is 0 Å². The summed E-state index contributed by atoms with van der Waals surface area (Å²) in [5.74, 6) is 0.554. The third-order valence-corrected chi connectivity index (χ3v) is 3.65. The summed E-state index contributed by atoms with van der Waals surface area (Å²) in [6, 6.07) is 7.88. The van der Waals surface area contributed by atoms with Crippen molar-refractivity contribution in [1.29, 1.82) is 0 Å². The van der Waals surface area contributed by atoms with Crippen LogP contribution in [0.3, 0.4) is 0 Å². The smallest absolute Gasteiger partial charge is 0.220 e. The van der Waals surface area contributed by atoms with Crippen LogP contribution < -0.4 is 11.1 Å². The molecule has 2 rings (SSSR count). The number of hydrogen-bond donors (Lipinski definition) is 2. The largest absolute Gasteiger partial charge is 0.399 e. The summed E-state index contributed by atoms with van der Waals surface area (Å²) >= 11 is 0. The average Bonchev–Trinajstić information content (AvgIpc) is 2.90. The maximum absolute atomic E-state index is 11.9. The number of amides is 1. The highest BCUT2D eigenvalue weighted by Gasteiger charge is 2.23. The Hall–Kier alpha value is -1.55. The molecule has 1 aliphatic rings. The summed E-state index contributed by atoms with van der Waals surface area (Å²) in [6.07, 6.45) is 2.27. The molecule has 104 valence electrons. The van der Waals surface area contributed by atoms with E-state index < -0.39 is 0 Å². The van der Waals surface area contributed by atoms with E-state index in [-0.39, 0.29) is 11.9 Å². The van der Waals surface area contributed by atoms with E-state index in [1.807, 2.05) is 24.3 Å². The molecular formula is C15H22N2O2. The third-order valence-electron chi connectivity index (χ3n) is 3.65. The fraction of sp³-hybridized carbons (Fsp3) is 0.533. The highest BCUT2D eigenvalue weighted by Crippen LogP contribution is 2.16. The van der Waals surface area contributed by atoms with Gasteiger partial charge in [0.15, 0.2) is 0 Å². The quantitative estimate of drug-likeness (QED) is 0.794. The molecule has 2 atom stereocenters. The number of ether oxygens (including phenoxy) is 1. The number of nitrogens with two attached hydrogens (primary N) is 1. The minimum atomic E-state index is 0.0989. The predicted molar refractivity (Wildman–Crippen MR) is 75.7 cm³/mol. The van der Waals surface area contributed by atoms with Crippen LogP contribution in [0.1, 0.15) is 25.3 Å². The Labute approximate surface area is 114 Å². The van der Waals surface area contributed by atoms with E-state index in [1.54, 1.807) is 0 Å². The molecule has 0 aromatic heterocycles. The first-order valence-electron chi connectivity index (χ1n) is 6.86. The Morgan fingerprint density at radius 2 is 2.42 bits per heavy atom. The number of rotatable bonds is 5. The molecular weight excluding hydrogens is 240 g/mol. The molecule has 19 heavy (non-hydrogen) atoms. The zero-order valence-electron chi connectivity index (χ0n) is 11.4. The summed E-state index contributed by atoms with van der Waals surface area (Å²) < 4.78 is 5.34. The van der Waals surface area contributed by atoms with E-state index in [0.717, 1.165) is 37.3 Å². The van der Waals surface area contributed by atoms with E-state index in [1.165, 1.54) is 0 Å². The van der Waals surface area contributed by atoms with Gasteiger partial charge in [-0.05, 0) is 37.5 Å². The van der Waals surface area contributed by atoms with Gasteiger partial charge < -0.3 is 15.8 Å². The summed E-state index contributed by atoms with van der Waals surface area (Å²) in [5, 5.41) is 3.06. The lowest BCUT2D eigenvalue weighted by Crippen LogP contribution is -2.38. The Morgan fingerprint density at radius 1 is 1.58 bits per heavy atom. The third kappa shape index (κ3) is 4.24. The van der Waals surface area contributed by atoms with Gasteiger partial charge in [-0.25, -0.2) is 0 Å². The topological polar surface area (TPSA) is 64.4 Å². The average molecular weight is 262 g/mol. The van der Waals surface area contributed by atoms with Gasteiger partial charge in [-0.2, -0.15) is 0 Å². The Kier molecular flexibility index (Phi) is 4.80. The number of aryl methyl sites for hydroxylation is 1. The molecule has 1 heterocycles. The van der Waals surface area contributed by atoms with E-state index >= 15 is 0 Å². The minimum Gasteiger partial charge on any atom is -0.399 e. The van der Waals surface area contributed by atoms with Gasteiger partial charge in [-0.3, -0.25) is 4.79 Å².